The minimum Gasteiger partial charge on any atom is -0.450 e. The van der Waals surface area contributed by atoms with E-state index in [0.29, 0.717) is 23.5 Å². The van der Waals surface area contributed by atoms with Crippen LogP contribution in [0.25, 0.3) is 6.08 Å². The van der Waals surface area contributed by atoms with Crippen LogP contribution in [-0.2, 0) is 4.79 Å². The first-order valence-electron chi connectivity index (χ1n) is 7.11. The lowest BCUT2D eigenvalue weighted by Crippen LogP contribution is -2.48. The number of amides is 1. The van der Waals surface area contributed by atoms with Crippen LogP contribution in [0.5, 0.6) is 0 Å². The predicted molar refractivity (Wildman–Crippen MR) is 88.5 cm³/mol. The minimum absolute atomic E-state index is 0.00759. The molecule has 0 saturated carbocycles. The number of carbonyl (C=O) groups excluding carboxylic acids is 1. The van der Waals surface area contributed by atoms with E-state index in [9.17, 15) is 4.79 Å². The van der Waals surface area contributed by atoms with E-state index in [4.69, 9.17) is 4.42 Å². The summed E-state index contributed by atoms with van der Waals surface area (Å²) in [5.74, 6) is 1.63. The summed E-state index contributed by atoms with van der Waals surface area (Å²) in [7, 11) is 0. The average Bonchev–Trinajstić information content (AvgIpc) is 2.99. The van der Waals surface area contributed by atoms with Crippen LogP contribution in [0.2, 0.25) is 0 Å². The Balaban J connectivity index is 1.55. The van der Waals surface area contributed by atoms with Crippen molar-refractivity contribution in [2.45, 2.75) is 0 Å². The molecule has 114 valence electrons. The van der Waals surface area contributed by atoms with Gasteiger partial charge in [0, 0.05) is 38.5 Å². The van der Waals surface area contributed by atoms with E-state index in [1.165, 1.54) is 0 Å². The molecule has 0 aromatic carbocycles. The standard InChI is InChI=1S/C16H16BrN3O2/c17-14-6-4-13(22-14)5-7-16(21)20-11-9-19(10-12-20)15-3-1-2-8-18-15/h1-8H,9-12H2/b7-5-. The van der Waals surface area contributed by atoms with Crippen LogP contribution in [0.4, 0.5) is 5.82 Å². The Hall–Kier alpha value is -2.08. The highest BCUT2D eigenvalue weighted by atomic mass is 79.9. The average molecular weight is 362 g/mol. The van der Waals surface area contributed by atoms with Crippen LogP contribution in [0.1, 0.15) is 5.76 Å². The molecule has 5 nitrogen and oxygen atoms in total. The Morgan fingerprint density at radius 3 is 2.64 bits per heavy atom. The van der Waals surface area contributed by atoms with E-state index in [-0.39, 0.29) is 5.91 Å². The Morgan fingerprint density at radius 2 is 2.00 bits per heavy atom. The lowest BCUT2D eigenvalue weighted by molar-refractivity contribution is -0.126. The number of anilines is 1. The molecule has 0 spiro atoms. The first-order chi connectivity index (χ1) is 10.7. The van der Waals surface area contributed by atoms with Crippen LogP contribution in [0.3, 0.4) is 0 Å². The van der Waals surface area contributed by atoms with E-state index in [1.54, 1.807) is 24.4 Å². The molecule has 1 aliphatic heterocycles. The largest absolute Gasteiger partial charge is 0.450 e. The van der Waals surface area contributed by atoms with Gasteiger partial charge < -0.3 is 14.2 Å². The summed E-state index contributed by atoms with van der Waals surface area (Å²) in [6, 6.07) is 9.49. The van der Waals surface area contributed by atoms with Crippen LogP contribution in [0.15, 0.2) is 51.7 Å². The Bertz CT molecular complexity index is 661. The number of carbonyl (C=O) groups is 1. The van der Waals surface area contributed by atoms with Crippen molar-refractivity contribution in [1.29, 1.82) is 0 Å². The lowest BCUT2D eigenvalue weighted by Gasteiger charge is -2.34. The molecule has 6 heteroatoms. The maximum absolute atomic E-state index is 12.2. The molecule has 0 atom stereocenters. The third-order valence-electron chi connectivity index (χ3n) is 3.55. The summed E-state index contributed by atoms with van der Waals surface area (Å²) >= 11 is 3.24. The number of furan rings is 1. The van der Waals surface area contributed by atoms with Crippen molar-refractivity contribution in [2.75, 3.05) is 31.1 Å². The van der Waals surface area contributed by atoms with Gasteiger partial charge in [0.2, 0.25) is 5.91 Å². The monoisotopic (exact) mass is 361 g/mol. The number of halogens is 1. The van der Waals surface area contributed by atoms with Crippen molar-refractivity contribution < 1.29 is 9.21 Å². The van der Waals surface area contributed by atoms with Gasteiger partial charge in [-0.1, -0.05) is 6.07 Å². The fourth-order valence-corrected chi connectivity index (χ4v) is 2.69. The fraction of sp³-hybridized carbons (Fsp3) is 0.250. The molecule has 1 aliphatic rings. The topological polar surface area (TPSA) is 49.6 Å². The van der Waals surface area contributed by atoms with Gasteiger partial charge in [-0.05, 0) is 46.3 Å². The zero-order valence-corrected chi connectivity index (χ0v) is 13.6. The molecule has 0 bridgehead atoms. The van der Waals surface area contributed by atoms with Gasteiger partial charge in [-0.2, -0.15) is 0 Å². The Labute approximate surface area is 137 Å². The molecular formula is C16H16BrN3O2. The molecule has 2 aromatic heterocycles. The molecule has 22 heavy (non-hydrogen) atoms. The summed E-state index contributed by atoms with van der Waals surface area (Å²) in [6.45, 7) is 2.98. The summed E-state index contributed by atoms with van der Waals surface area (Å²) in [5, 5.41) is 0. The van der Waals surface area contributed by atoms with Crippen molar-refractivity contribution in [3.63, 3.8) is 0 Å². The van der Waals surface area contributed by atoms with E-state index < -0.39 is 0 Å². The second kappa shape index (κ2) is 6.79. The van der Waals surface area contributed by atoms with Crippen LogP contribution in [-0.4, -0.2) is 42.0 Å². The third kappa shape index (κ3) is 3.57. The van der Waals surface area contributed by atoms with Gasteiger partial charge in [0.1, 0.15) is 11.6 Å². The first kappa shape index (κ1) is 14.8. The lowest BCUT2D eigenvalue weighted by atomic mass is 10.3. The summed E-state index contributed by atoms with van der Waals surface area (Å²) in [5.41, 5.74) is 0. The Morgan fingerprint density at radius 1 is 1.18 bits per heavy atom. The van der Waals surface area contributed by atoms with E-state index in [1.807, 2.05) is 29.2 Å². The molecule has 1 amide bonds. The van der Waals surface area contributed by atoms with Crippen molar-refractivity contribution in [3.05, 3.63) is 53.0 Å². The maximum Gasteiger partial charge on any atom is 0.246 e. The molecule has 3 heterocycles. The third-order valence-corrected chi connectivity index (χ3v) is 3.97. The molecule has 0 N–H and O–H groups in total. The number of hydrogen-bond donors (Lipinski definition) is 0. The zero-order valence-electron chi connectivity index (χ0n) is 12.0. The molecule has 1 fully saturated rings. The van der Waals surface area contributed by atoms with Crippen molar-refractivity contribution in [3.8, 4) is 0 Å². The number of piperazine rings is 1. The molecule has 0 radical (unpaired) electrons. The minimum atomic E-state index is 0.00759. The smallest absolute Gasteiger partial charge is 0.246 e. The first-order valence-corrected chi connectivity index (χ1v) is 7.90. The number of pyridine rings is 1. The highest BCUT2D eigenvalue weighted by molar-refractivity contribution is 9.10. The van der Waals surface area contributed by atoms with Crippen LogP contribution >= 0.6 is 15.9 Å². The molecule has 0 aliphatic carbocycles. The highest BCUT2D eigenvalue weighted by Gasteiger charge is 2.20. The van der Waals surface area contributed by atoms with Crippen molar-refractivity contribution in [2.24, 2.45) is 0 Å². The van der Waals surface area contributed by atoms with Gasteiger partial charge in [-0.25, -0.2) is 4.98 Å². The summed E-state index contributed by atoms with van der Waals surface area (Å²) in [4.78, 5) is 20.5. The fourth-order valence-electron chi connectivity index (χ4n) is 2.37. The van der Waals surface area contributed by atoms with Gasteiger partial charge in [0.05, 0.1) is 0 Å². The molecule has 1 saturated heterocycles. The van der Waals surface area contributed by atoms with Gasteiger partial charge in [0.25, 0.3) is 0 Å². The predicted octanol–water partition coefficient (Wildman–Crippen LogP) is 2.80. The molecule has 0 unspecified atom stereocenters. The van der Waals surface area contributed by atoms with Gasteiger partial charge in [-0.3, -0.25) is 4.79 Å². The van der Waals surface area contributed by atoms with Crippen molar-refractivity contribution in [1.82, 2.24) is 9.88 Å². The van der Waals surface area contributed by atoms with Crippen molar-refractivity contribution >= 4 is 33.7 Å². The zero-order chi connectivity index (χ0) is 15.4. The summed E-state index contributed by atoms with van der Waals surface area (Å²) < 4.78 is 5.99. The SMILES string of the molecule is O=C(/C=C\c1ccc(Br)o1)N1CCN(c2ccccn2)CC1. The number of hydrogen-bond acceptors (Lipinski definition) is 4. The second-order valence-corrected chi connectivity index (χ2v) is 5.76. The van der Waals surface area contributed by atoms with Crippen LogP contribution < -0.4 is 4.90 Å². The normalized spacial score (nSPS) is 15.5. The molecular weight excluding hydrogens is 346 g/mol. The maximum atomic E-state index is 12.2. The van der Waals surface area contributed by atoms with E-state index in [2.05, 4.69) is 25.8 Å². The van der Waals surface area contributed by atoms with Gasteiger partial charge >= 0.3 is 0 Å². The quantitative estimate of drug-likeness (QED) is 0.788. The number of aromatic nitrogens is 1. The molecule has 2 aromatic rings. The second-order valence-electron chi connectivity index (χ2n) is 4.98. The Kier molecular flexibility index (Phi) is 4.58. The van der Waals surface area contributed by atoms with E-state index >= 15 is 0 Å². The van der Waals surface area contributed by atoms with Gasteiger partial charge in [-0.15, -0.1) is 0 Å². The molecule has 3 rings (SSSR count). The van der Waals surface area contributed by atoms with Gasteiger partial charge in [0.15, 0.2) is 4.67 Å². The highest BCUT2D eigenvalue weighted by Crippen LogP contribution is 2.16. The van der Waals surface area contributed by atoms with E-state index in [0.717, 1.165) is 18.9 Å². The van der Waals surface area contributed by atoms with Crippen LogP contribution in [0, 0.1) is 0 Å². The number of rotatable bonds is 3. The summed E-state index contributed by atoms with van der Waals surface area (Å²) in [6.07, 6.45) is 5.04. The number of nitrogens with zero attached hydrogens (tertiary/aromatic N) is 3.